The number of hydrogen-bond donors (Lipinski definition) is 7. The fourth-order valence-electron chi connectivity index (χ4n) is 4.53. The average Bonchev–Trinajstić information content (AvgIpc) is 2.98. The third-order valence-corrected chi connectivity index (χ3v) is 8.60. The Balaban J connectivity index is 1.67. The van der Waals surface area contributed by atoms with Crippen molar-refractivity contribution in [3.8, 4) is 11.5 Å². The Labute approximate surface area is 248 Å². The lowest BCUT2D eigenvalue weighted by atomic mass is 10.0. The number of amides is 1. The van der Waals surface area contributed by atoms with Gasteiger partial charge in [-0.15, -0.1) is 0 Å². The lowest BCUT2D eigenvalue weighted by Crippen LogP contribution is -2.47. The molecule has 42 heavy (non-hydrogen) atoms. The van der Waals surface area contributed by atoms with Gasteiger partial charge in [-0.3, -0.25) is 4.79 Å². The molecule has 3 rings (SSSR count). The number of benzene rings is 3. The van der Waals surface area contributed by atoms with Crippen LogP contribution in [0.5, 0.6) is 11.5 Å². The van der Waals surface area contributed by atoms with Crippen LogP contribution in [0, 0.1) is 5.92 Å². The van der Waals surface area contributed by atoms with Crippen molar-refractivity contribution in [2.45, 2.75) is 50.2 Å². The number of unbranched alkanes of at least 4 members (excludes halogenated alkanes) is 2. The first-order chi connectivity index (χ1) is 20.2. The molecule has 0 fully saturated rings. The molecule has 11 heteroatoms. The number of carbonyl (C=O) groups is 1. The van der Waals surface area contributed by atoms with Crippen LogP contribution < -0.4 is 26.4 Å². The molecular weight excluding hydrogens is 554 g/mol. The summed E-state index contributed by atoms with van der Waals surface area (Å²) >= 11 is 0. The highest BCUT2D eigenvalue weighted by Crippen LogP contribution is 2.18. The van der Waals surface area contributed by atoms with Gasteiger partial charge >= 0.3 is 0 Å². The topological polar surface area (TPSA) is 166 Å². The van der Waals surface area contributed by atoms with Gasteiger partial charge < -0.3 is 31.9 Å². The molecule has 0 aromatic heterocycles. The highest BCUT2D eigenvalue weighted by atomic mass is 32.2. The second-order valence-corrected chi connectivity index (χ2v) is 12.0. The first-order valence-electron chi connectivity index (χ1n) is 14.3. The molecule has 0 saturated heterocycles. The van der Waals surface area contributed by atoms with E-state index in [0.717, 1.165) is 24.0 Å². The molecule has 0 spiro atoms. The Morgan fingerprint density at radius 3 is 2.12 bits per heavy atom. The highest BCUT2D eigenvalue weighted by Gasteiger charge is 2.24. The van der Waals surface area contributed by atoms with E-state index in [4.69, 9.17) is 5.73 Å². The summed E-state index contributed by atoms with van der Waals surface area (Å²) in [6.45, 7) is 4.48. The molecule has 3 aromatic carbocycles. The predicted molar refractivity (Wildman–Crippen MR) is 165 cm³/mol. The zero-order valence-electron chi connectivity index (χ0n) is 24.1. The summed E-state index contributed by atoms with van der Waals surface area (Å²) in [6, 6.07) is 20.1. The molecule has 0 bridgehead atoms. The van der Waals surface area contributed by atoms with Crippen LogP contribution in [0.4, 0.5) is 0 Å². The molecule has 1 amide bonds. The van der Waals surface area contributed by atoms with E-state index in [9.17, 15) is 23.4 Å². The summed E-state index contributed by atoms with van der Waals surface area (Å²) in [5.41, 5.74) is 7.07. The maximum Gasteiger partial charge on any atom is 0.252 e. The summed E-state index contributed by atoms with van der Waals surface area (Å²) < 4.78 is 28.6. The predicted octanol–water partition coefficient (Wildman–Crippen LogP) is 2.82. The van der Waals surface area contributed by atoms with Crippen LogP contribution in [-0.2, 0) is 23.1 Å². The van der Waals surface area contributed by atoms with Gasteiger partial charge in [-0.2, -0.15) is 0 Å². The molecule has 3 aromatic rings. The van der Waals surface area contributed by atoms with Gasteiger partial charge in [0.05, 0.1) is 10.5 Å². The van der Waals surface area contributed by atoms with Crippen LogP contribution in [0.3, 0.4) is 0 Å². The molecule has 0 aliphatic rings. The summed E-state index contributed by atoms with van der Waals surface area (Å²) in [4.78, 5) is 13.2. The Morgan fingerprint density at radius 2 is 1.45 bits per heavy atom. The fourth-order valence-corrected chi connectivity index (χ4v) is 5.81. The summed E-state index contributed by atoms with van der Waals surface area (Å²) in [5, 5.41) is 30.0. The normalized spacial score (nSPS) is 13.0. The van der Waals surface area contributed by atoms with Crippen molar-refractivity contribution >= 4 is 15.9 Å². The smallest absolute Gasteiger partial charge is 0.252 e. The van der Waals surface area contributed by atoms with E-state index in [1.807, 2.05) is 31.2 Å². The second kappa shape index (κ2) is 16.8. The van der Waals surface area contributed by atoms with Crippen LogP contribution in [0.25, 0.3) is 0 Å². The van der Waals surface area contributed by atoms with Crippen molar-refractivity contribution in [2.75, 3.05) is 26.2 Å². The van der Waals surface area contributed by atoms with E-state index in [-0.39, 0.29) is 47.0 Å². The lowest BCUT2D eigenvalue weighted by molar-refractivity contribution is 0.0942. The Kier molecular flexibility index (Phi) is 13.2. The number of para-hydroxylation sites is 2. The average molecular weight is 598 g/mol. The quantitative estimate of drug-likeness (QED) is 0.110. The minimum atomic E-state index is -3.89. The molecule has 2 unspecified atom stereocenters. The third kappa shape index (κ3) is 10.1. The van der Waals surface area contributed by atoms with Crippen molar-refractivity contribution in [1.82, 2.24) is 20.7 Å². The molecule has 0 saturated carbocycles. The Hall–Kier alpha value is -3.48. The third-order valence-electron chi connectivity index (χ3n) is 7.08. The summed E-state index contributed by atoms with van der Waals surface area (Å²) in [6.07, 6.45) is 2.29. The van der Waals surface area contributed by atoms with Crippen LogP contribution in [0.2, 0.25) is 0 Å². The molecule has 0 aliphatic heterocycles. The van der Waals surface area contributed by atoms with Crippen LogP contribution in [0.1, 0.15) is 47.7 Å². The number of sulfonamides is 1. The first kappa shape index (κ1) is 33.0. The molecular formula is C31H43N5O5S. The van der Waals surface area contributed by atoms with Gasteiger partial charge in [0.2, 0.25) is 10.0 Å². The maximum absolute atomic E-state index is 13.3. The van der Waals surface area contributed by atoms with Gasteiger partial charge in [-0.05, 0) is 56.1 Å². The minimum absolute atomic E-state index is 0.0103. The highest BCUT2D eigenvalue weighted by molar-refractivity contribution is 7.89. The van der Waals surface area contributed by atoms with E-state index in [2.05, 4.69) is 20.7 Å². The van der Waals surface area contributed by atoms with Gasteiger partial charge in [-0.25, -0.2) is 13.1 Å². The maximum atomic E-state index is 13.3. The van der Waals surface area contributed by atoms with Gasteiger partial charge in [-0.1, -0.05) is 61.9 Å². The van der Waals surface area contributed by atoms with Gasteiger partial charge in [0, 0.05) is 43.3 Å². The lowest BCUT2D eigenvalue weighted by Gasteiger charge is -2.26. The summed E-state index contributed by atoms with van der Waals surface area (Å²) in [7, 11) is -3.89. The van der Waals surface area contributed by atoms with E-state index >= 15 is 0 Å². The van der Waals surface area contributed by atoms with Crippen molar-refractivity contribution in [2.24, 2.45) is 11.7 Å². The van der Waals surface area contributed by atoms with E-state index < -0.39 is 15.9 Å². The number of carbonyl (C=O) groups excluding carboxylic acids is 1. The van der Waals surface area contributed by atoms with Crippen molar-refractivity contribution in [3.05, 3.63) is 89.5 Å². The molecule has 10 nitrogen and oxygen atoms in total. The van der Waals surface area contributed by atoms with E-state index in [1.54, 1.807) is 36.4 Å². The first-order valence-corrected chi connectivity index (χ1v) is 15.8. The van der Waals surface area contributed by atoms with Crippen LogP contribution in [0.15, 0.2) is 77.7 Å². The number of phenolic OH excluding ortho intramolecular Hbond substituents is 2. The molecule has 228 valence electrons. The van der Waals surface area contributed by atoms with E-state index in [1.165, 1.54) is 12.1 Å². The Morgan fingerprint density at radius 1 is 0.833 bits per heavy atom. The van der Waals surface area contributed by atoms with Crippen molar-refractivity contribution in [3.63, 3.8) is 0 Å². The number of rotatable bonds is 18. The monoisotopic (exact) mass is 597 g/mol. The largest absolute Gasteiger partial charge is 0.508 e. The molecule has 0 heterocycles. The fraction of sp³-hybridized carbons (Fsp3) is 0.387. The van der Waals surface area contributed by atoms with Crippen molar-refractivity contribution in [1.29, 1.82) is 0 Å². The van der Waals surface area contributed by atoms with Crippen LogP contribution in [-0.4, -0.2) is 56.8 Å². The zero-order valence-corrected chi connectivity index (χ0v) is 24.9. The second-order valence-electron chi connectivity index (χ2n) is 10.3. The van der Waals surface area contributed by atoms with E-state index in [0.29, 0.717) is 32.6 Å². The molecule has 2 atom stereocenters. The molecule has 8 N–H and O–H groups in total. The van der Waals surface area contributed by atoms with Gasteiger partial charge in [0.25, 0.3) is 5.91 Å². The molecule has 0 radical (unpaired) electrons. The van der Waals surface area contributed by atoms with Gasteiger partial charge in [0.15, 0.2) is 0 Å². The minimum Gasteiger partial charge on any atom is -0.508 e. The number of nitrogens with two attached hydrogens (primary N) is 1. The zero-order chi connectivity index (χ0) is 30.4. The van der Waals surface area contributed by atoms with Crippen LogP contribution >= 0.6 is 0 Å². The number of phenols is 2. The number of nitrogens with one attached hydrogen (secondary N) is 4. The number of aromatic hydroxyl groups is 2. The summed E-state index contributed by atoms with van der Waals surface area (Å²) in [5.74, 6) is -0.0930. The molecule has 0 aliphatic carbocycles. The Bertz CT molecular complexity index is 1390. The SMILES string of the molecule is CC(CNCc1ccccc1O)C(CNC(=O)c1ccccc1S(=O)(=O)NCCCCCN)NCc1ccccc1O. The standard InChI is InChI=1S/C31H43N5O5S/c1-23(19-33-20-24-11-3-6-14-28(24)37)27(34-21-25-12-4-7-15-29(25)38)22-35-31(39)26-13-5-8-16-30(26)42(40,41)36-18-10-2-9-17-32/h3-8,11-16,23,27,33-34,36-38H,2,9-10,17-22,32H2,1H3,(H,35,39). The van der Waals surface area contributed by atoms with Gasteiger partial charge in [0.1, 0.15) is 11.5 Å². The van der Waals surface area contributed by atoms with Crippen molar-refractivity contribution < 1.29 is 23.4 Å². The number of hydrogen-bond acceptors (Lipinski definition) is 8.